The van der Waals surface area contributed by atoms with Gasteiger partial charge in [0.05, 0.1) is 9.52 Å². The number of fused-ring (bicyclic) bond motifs is 4. The number of benzene rings is 4. The Kier molecular flexibility index (Phi) is 12.2. The minimum atomic E-state index is -0.826. The second-order valence-corrected chi connectivity index (χ2v) is 16.3. The van der Waals surface area contributed by atoms with Crippen molar-refractivity contribution < 1.29 is 20.8 Å². The average Bonchev–Trinajstić information content (AvgIpc) is 3.54. The maximum Gasteiger partial charge on any atom is 0.0920 e. The van der Waals surface area contributed by atoms with Gasteiger partial charge in [-0.25, -0.2) is 0 Å². The van der Waals surface area contributed by atoms with Crippen LogP contribution in [-0.4, -0.2) is 9.52 Å². The predicted octanol–water partition coefficient (Wildman–Crippen LogP) is 10.00. The third kappa shape index (κ3) is 7.97. The predicted molar refractivity (Wildman–Crippen MR) is 179 cm³/mol. The standard InChI is InChI=1S/C25H31.C12H7Si.2ClH.Zr/c1-6-9-20-12-13-21-15-19(14-17(2)3)16-24(21)25(20)23-11-8-7-10-22(23)18(4)5;1-3-7-11-9(5-1)10-6-2-4-8-12(10)13-11;;;/h7-8,10-13,15-18H,6,9,14H2,1-5H3;1-7H;2*1H;/q2*-1;;;+4/p-2. The molecule has 0 bridgehead atoms. The van der Waals surface area contributed by atoms with Gasteiger partial charge in [0.1, 0.15) is 0 Å². The molecular weight excluding hydrogens is 635 g/mol. The number of aryl methyl sites for hydroxylation is 1. The first-order chi connectivity index (χ1) is 19.9. The van der Waals surface area contributed by atoms with Crippen LogP contribution in [0.1, 0.15) is 63.6 Å². The molecule has 4 heteroatoms. The molecule has 5 aromatic rings. The molecule has 0 nitrogen and oxygen atoms in total. The van der Waals surface area contributed by atoms with Crippen LogP contribution in [0.15, 0.2) is 91.0 Å². The first-order valence-corrected chi connectivity index (χ1v) is 21.8. The second-order valence-electron chi connectivity index (χ2n) is 11.3. The molecule has 0 N–H and O–H groups in total. The largest absolute Gasteiger partial charge is 0.184 e. The smallest absolute Gasteiger partial charge is 0.0920 e. The number of halogens is 2. The Balaban J connectivity index is 0.000000200. The second kappa shape index (κ2) is 15.6. The molecule has 208 valence electrons. The summed E-state index contributed by atoms with van der Waals surface area (Å²) in [5.41, 5.74) is 10.1. The fourth-order valence-electron chi connectivity index (χ4n) is 5.73. The van der Waals surface area contributed by atoms with Crippen LogP contribution < -0.4 is 10.4 Å². The fourth-order valence-corrected chi connectivity index (χ4v) is 7.04. The zero-order chi connectivity index (χ0) is 29.4. The summed E-state index contributed by atoms with van der Waals surface area (Å²) >= 11 is -0.826. The van der Waals surface area contributed by atoms with Gasteiger partial charge in [0, 0.05) is 0 Å². The minimum absolute atomic E-state index is 0.533. The summed E-state index contributed by atoms with van der Waals surface area (Å²) in [7, 11) is 10.7. The van der Waals surface area contributed by atoms with E-state index in [0.29, 0.717) is 11.8 Å². The van der Waals surface area contributed by atoms with Gasteiger partial charge in [0.15, 0.2) is 0 Å². The van der Waals surface area contributed by atoms with Crippen LogP contribution in [0, 0.1) is 12.0 Å². The quantitative estimate of drug-likeness (QED) is 0.122. The van der Waals surface area contributed by atoms with Crippen LogP contribution >= 0.6 is 17.0 Å². The molecule has 41 heavy (non-hydrogen) atoms. The summed E-state index contributed by atoms with van der Waals surface area (Å²) < 4.78 is 0. The molecule has 0 fully saturated rings. The van der Waals surface area contributed by atoms with E-state index in [-0.39, 0.29) is 0 Å². The third-order valence-electron chi connectivity index (χ3n) is 7.38. The Morgan fingerprint density at radius 2 is 1.54 bits per heavy atom. The van der Waals surface area contributed by atoms with E-state index in [4.69, 9.17) is 17.0 Å². The third-order valence-corrected chi connectivity index (χ3v) is 8.75. The van der Waals surface area contributed by atoms with Gasteiger partial charge in [-0.05, 0) is 35.8 Å². The van der Waals surface area contributed by atoms with Crippen LogP contribution in [0.25, 0.3) is 33.0 Å². The van der Waals surface area contributed by atoms with E-state index in [2.05, 4.69) is 126 Å². The van der Waals surface area contributed by atoms with Gasteiger partial charge < -0.3 is 0 Å². The van der Waals surface area contributed by atoms with Gasteiger partial charge in [-0.3, -0.25) is 0 Å². The number of hydrogen-bond acceptors (Lipinski definition) is 0. The number of rotatable bonds is 6. The summed E-state index contributed by atoms with van der Waals surface area (Å²) in [6, 6.07) is 36.7. The number of hydrogen-bond donors (Lipinski definition) is 0. The Hall–Kier alpha value is -1.83. The van der Waals surface area contributed by atoms with Gasteiger partial charge in [-0.1, -0.05) is 111 Å². The van der Waals surface area contributed by atoms with Crippen molar-refractivity contribution in [2.45, 2.75) is 59.8 Å². The maximum absolute atomic E-state index is 4.93. The van der Waals surface area contributed by atoms with Crippen molar-refractivity contribution in [2.24, 2.45) is 5.92 Å². The van der Waals surface area contributed by atoms with Crippen molar-refractivity contribution in [3.63, 3.8) is 0 Å². The molecule has 1 aliphatic rings. The summed E-state index contributed by atoms with van der Waals surface area (Å²) in [6.07, 6.45) is 3.48. The van der Waals surface area contributed by atoms with E-state index in [1.54, 1.807) is 0 Å². The van der Waals surface area contributed by atoms with E-state index < -0.39 is 20.8 Å². The first-order valence-electron chi connectivity index (χ1n) is 14.5. The maximum atomic E-state index is 4.93. The van der Waals surface area contributed by atoms with Crippen molar-refractivity contribution in [1.82, 2.24) is 0 Å². The van der Waals surface area contributed by atoms with Crippen molar-refractivity contribution in [3.05, 3.63) is 114 Å². The van der Waals surface area contributed by atoms with Crippen LogP contribution in [-0.2, 0) is 33.7 Å². The molecule has 0 aliphatic carbocycles. The molecule has 1 aliphatic heterocycles. The molecule has 0 spiro atoms. The Morgan fingerprint density at radius 3 is 2.24 bits per heavy atom. The zero-order valence-electron chi connectivity index (χ0n) is 24.7. The van der Waals surface area contributed by atoms with E-state index in [0.717, 1.165) is 22.4 Å². The molecule has 1 heterocycles. The van der Waals surface area contributed by atoms with Gasteiger partial charge >= 0.3 is 37.9 Å². The van der Waals surface area contributed by atoms with Crippen molar-refractivity contribution in [1.29, 1.82) is 0 Å². The minimum Gasteiger partial charge on any atom is -0.184 e. The zero-order valence-corrected chi connectivity index (χ0v) is 29.7. The van der Waals surface area contributed by atoms with Crippen LogP contribution in [0.5, 0.6) is 0 Å². The Labute approximate surface area is 268 Å². The van der Waals surface area contributed by atoms with Crippen molar-refractivity contribution in [2.75, 3.05) is 0 Å². The van der Waals surface area contributed by atoms with E-state index in [9.17, 15) is 0 Å². The molecule has 0 saturated heterocycles. The molecule has 0 saturated carbocycles. The molecule has 5 aromatic carbocycles. The van der Waals surface area contributed by atoms with Crippen LogP contribution in [0.2, 0.25) is 0 Å². The van der Waals surface area contributed by atoms with Gasteiger partial charge in [0.2, 0.25) is 0 Å². The Bertz CT molecular complexity index is 1520. The van der Waals surface area contributed by atoms with E-state index in [1.165, 1.54) is 66.5 Å². The van der Waals surface area contributed by atoms with E-state index in [1.807, 2.05) is 6.07 Å². The average molecular weight is 673 g/mol. The molecular formula is C37H38Cl2SiZr. The first kappa shape index (κ1) is 32.1. The molecule has 0 amide bonds. The molecule has 0 atom stereocenters. The monoisotopic (exact) mass is 670 g/mol. The summed E-state index contributed by atoms with van der Waals surface area (Å²) in [4.78, 5) is 0. The van der Waals surface area contributed by atoms with Crippen molar-refractivity contribution >= 4 is 47.7 Å². The normalized spacial score (nSPS) is 11.3. The summed E-state index contributed by atoms with van der Waals surface area (Å²) in [6.45, 7) is 11.5. The van der Waals surface area contributed by atoms with Gasteiger partial charge in [-0.2, -0.15) is 35.5 Å². The SMILES string of the molecule is CCCc1ccc2[cH-]c(CC(C)C)cc2c1-c1ccccc1C(C)C.[Cl][Zr+2][Cl].[c-]1cccc2c1[Si]c1ccccc1-2. The molecule has 0 unspecified atom stereocenters. The van der Waals surface area contributed by atoms with Crippen molar-refractivity contribution in [3.8, 4) is 22.3 Å². The molecule has 6 rings (SSSR count). The van der Waals surface area contributed by atoms with Gasteiger partial charge in [-0.15, -0.1) is 40.1 Å². The fraction of sp³-hybridized carbons (Fsp3) is 0.270. The van der Waals surface area contributed by atoms with Crippen LogP contribution in [0.4, 0.5) is 0 Å². The van der Waals surface area contributed by atoms with E-state index >= 15 is 0 Å². The summed E-state index contributed by atoms with van der Waals surface area (Å²) in [5.74, 6) is 1.23. The molecule has 2 radical (unpaired) electrons. The van der Waals surface area contributed by atoms with Crippen LogP contribution in [0.3, 0.4) is 0 Å². The Morgan fingerprint density at radius 1 is 0.854 bits per heavy atom. The summed E-state index contributed by atoms with van der Waals surface area (Å²) in [5, 5.41) is 5.66. The topological polar surface area (TPSA) is 0 Å². The van der Waals surface area contributed by atoms with Gasteiger partial charge in [0.25, 0.3) is 0 Å². The molecule has 0 aromatic heterocycles.